The fraction of sp³-hybridized carbons (Fsp3) is 0.667. The number of hydrogen-bond acceptors (Lipinski definition) is 4. The summed E-state index contributed by atoms with van der Waals surface area (Å²) in [7, 11) is 5.67. The lowest BCUT2D eigenvalue weighted by atomic mass is 10.0. The highest BCUT2D eigenvalue weighted by molar-refractivity contribution is 14.0. The molecule has 0 spiro atoms. The molecule has 0 radical (unpaired) electrons. The maximum absolute atomic E-state index is 5.91. The Kier molecular flexibility index (Phi) is 12.5. The van der Waals surface area contributed by atoms with E-state index < -0.39 is 0 Å². The normalized spacial score (nSPS) is 17.4. The van der Waals surface area contributed by atoms with Gasteiger partial charge in [-0.2, -0.15) is 0 Å². The van der Waals surface area contributed by atoms with Crippen molar-refractivity contribution in [3.8, 4) is 5.75 Å². The molecule has 1 aliphatic heterocycles. The second-order valence-corrected chi connectivity index (χ2v) is 7.39. The molecule has 28 heavy (non-hydrogen) atoms. The van der Waals surface area contributed by atoms with E-state index in [-0.39, 0.29) is 24.0 Å². The van der Waals surface area contributed by atoms with E-state index in [9.17, 15) is 0 Å². The summed E-state index contributed by atoms with van der Waals surface area (Å²) in [5, 5.41) is 3.50. The van der Waals surface area contributed by atoms with Gasteiger partial charge in [0.1, 0.15) is 12.4 Å². The van der Waals surface area contributed by atoms with Crippen LogP contribution in [0.1, 0.15) is 25.3 Å². The summed E-state index contributed by atoms with van der Waals surface area (Å²) in [6, 6.07) is 8.29. The van der Waals surface area contributed by atoms with Crippen molar-refractivity contribution in [1.82, 2.24) is 15.1 Å². The van der Waals surface area contributed by atoms with Crippen LogP contribution in [-0.2, 0) is 11.3 Å². The lowest BCUT2D eigenvalue weighted by molar-refractivity contribution is 0.150. The number of methoxy groups -OCH3 is 1. The van der Waals surface area contributed by atoms with Crippen molar-refractivity contribution in [2.45, 2.75) is 26.3 Å². The second-order valence-electron chi connectivity index (χ2n) is 7.39. The van der Waals surface area contributed by atoms with E-state index in [0.29, 0.717) is 6.61 Å². The van der Waals surface area contributed by atoms with Crippen molar-refractivity contribution in [3.63, 3.8) is 0 Å². The van der Waals surface area contributed by atoms with Gasteiger partial charge >= 0.3 is 0 Å². The summed E-state index contributed by atoms with van der Waals surface area (Å²) >= 11 is 0. The van der Waals surface area contributed by atoms with Crippen molar-refractivity contribution >= 4 is 29.9 Å². The van der Waals surface area contributed by atoms with Gasteiger partial charge in [-0.05, 0) is 43.5 Å². The molecule has 0 amide bonds. The van der Waals surface area contributed by atoms with Crippen LogP contribution in [0.5, 0.6) is 5.75 Å². The molecule has 160 valence electrons. The molecule has 1 unspecified atom stereocenters. The predicted octanol–water partition coefficient (Wildman–Crippen LogP) is 3.07. The fourth-order valence-corrected chi connectivity index (χ4v) is 3.32. The molecule has 1 aliphatic rings. The summed E-state index contributed by atoms with van der Waals surface area (Å²) < 4.78 is 11.0. The van der Waals surface area contributed by atoms with E-state index in [2.05, 4.69) is 46.2 Å². The third-order valence-corrected chi connectivity index (χ3v) is 4.94. The monoisotopic (exact) mass is 504 g/mol. The topological polar surface area (TPSA) is 49.3 Å². The highest BCUT2D eigenvalue weighted by Gasteiger charge is 2.18. The van der Waals surface area contributed by atoms with Gasteiger partial charge in [0.15, 0.2) is 5.96 Å². The minimum atomic E-state index is 0. The molecule has 1 aromatic rings. The SMILES string of the molecule is CN=C(NCc1cccc(OCCN(C)CCOC)c1)N1CCCC(C)C1.I. The van der Waals surface area contributed by atoms with E-state index in [0.717, 1.165) is 57.0 Å². The van der Waals surface area contributed by atoms with Crippen LogP contribution in [0.4, 0.5) is 0 Å². The number of hydrogen-bond donors (Lipinski definition) is 1. The highest BCUT2D eigenvalue weighted by atomic mass is 127. The Labute approximate surface area is 187 Å². The molecule has 1 N–H and O–H groups in total. The van der Waals surface area contributed by atoms with Crippen molar-refractivity contribution in [2.75, 3.05) is 60.6 Å². The molecule has 0 saturated carbocycles. The lowest BCUT2D eigenvalue weighted by Crippen LogP contribution is -2.45. The molecule has 1 atom stereocenters. The van der Waals surface area contributed by atoms with Crippen molar-refractivity contribution in [2.24, 2.45) is 10.9 Å². The standard InChI is InChI=1S/C21H36N4O2.HI/c1-18-7-6-10-25(17-18)21(22-2)23-16-19-8-5-9-20(15-19)27-14-12-24(3)11-13-26-4;/h5,8-9,15,18H,6-7,10-14,16-17H2,1-4H3,(H,22,23);1H. The van der Waals surface area contributed by atoms with E-state index in [4.69, 9.17) is 9.47 Å². The molecule has 0 bridgehead atoms. The molecule has 1 aromatic carbocycles. The predicted molar refractivity (Wildman–Crippen MR) is 127 cm³/mol. The Balaban J connectivity index is 0.00000392. The number of aliphatic imine (C=N–C) groups is 1. The Hall–Kier alpha value is -1.06. The molecule has 0 aliphatic carbocycles. The smallest absolute Gasteiger partial charge is 0.193 e. The van der Waals surface area contributed by atoms with Gasteiger partial charge in [0.2, 0.25) is 0 Å². The molecule has 7 heteroatoms. The molecule has 1 heterocycles. The van der Waals surface area contributed by atoms with Crippen LogP contribution in [0, 0.1) is 5.92 Å². The number of benzene rings is 1. The van der Waals surface area contributed by atoms with Crippen LogP contribution < -0.4 is 10.1 Å². The van der Waals surface area contributed by atoms with E-state index in [1.165, 1.54) is 18.4 Å². The third kappa shape index (κ3) is 8.96. The first-order valence-electron chi connectivity index (χ1n) is 9.97. The number of rotatable bonds is 9. The number of guanidine groups is 1. The molecule has 0 aromatic heterocycles. The van der Waals surface area contributed by atoms with Crippen LogP contribution in [0.3, 0.4) is 0 Å². The van der Waals surface area contributed by atoms with Crippen LogP contribution in [-0.4, -0.2) is 76.4 Å². The van der Waals surface area contributed by atoms with E-state index in [1.54, 1.807) is 7.11 Å². The molecule has 1 saturated heterocycles. The number of piperidine rings is 1. The first-order chi connectivity index (χ1) is 13.1. The summed E-state index contributed by atoms with van der Waals surface area (Å²) in [5.74, 6) is 2.64. The zero-order valence-corrected chi connectivity index (χ0v) is 20.1. The van der Waals surface area contributed by atoms with Gasteiger partial charge in [0.25, 0.3) is 0 Å². The third-order valence-electron chi connectivity index (χ3n) is 4.94. The molecular formula is C21H37IN4O2. The highest BCUT2D eigenvalue weighted by Crippen LogP contribution is 2.16. The number of likely N-dealkylation sites (N-methyl/N-ethyl adjacent to an activating group) is 1. The van der Waals surface area contributed by atoms with E-state index in [1.807, 2.05) is 19.2 Å². The summed E-state index contributed by atoms with van der Waals surface area (Å²) in [6.07, 6.45) is 2.55. The summed E-state index contributed by atoms with van der Waals surface area (Å²) in [5.41, 5.74) is 1.20. The first kappa shape index (κ1) is 25.0. The molecular weight excluding hydrogens is 467 g/mol. The maximum atomic E-state index is 5.91. The van der Waals surface area contributed by atoms with Gasteiger partial charge in [0.05, 0.1) is 6.61 Å². The van der Waals surface area contributed by atoms with Crippen molar-refractivity contribution in [1.29, 1.82) is 0 Å². The Morgan fingerprint density at radius 3 is 2.82 bits per heavy atom. The van der Waals surface area contributed by atoms with Crippen LogP contribution in [0.15, 0.2) is 29.3 Å². The Morgan fingerprint density at radius 1 is 1.32 bits per heavy atom. The second kappa shape index (κ2) is 14.0. The van der Waals surface area contributed by atoms with Gasteiger partial charge in [-0.3, -0.25) is 4.99 Å². The van der Waals surface area contributed by atoms with Gasteiger partial charge in [-0.25, -0.2) is 0 Å². The van der Waals surface area contributed by atoms with Gasteiger partial charge in [0, 0.05) is 46.9 Å². The Bertz CT molecular complexity index is 585. The quantitative estimate of drug-likeness (QED) is 0.318. The van der Waals surface area contributed by atoms with E-state index >= 15 is 0 Å². The van der Waals surface area contributed by atoms with Crippen LogP contribution >= 0.6 is 24.0 Å². The average Bonchev–Trinajstić information content (AvgIpc) is 2.67. The van der Waals surface area contributed by atoms with Crippen LogP contribution in [0.2, 0.25) is 0 Å². The van der Waals surface area contributed by atoms with Crippen molar-refractivity contribution in [3.05, 3.63) is 29.8 Å². The number of likely N-dealkylation sites (tertiary alicyclic amines) is 1. The lowest BCUT2D eigenvalue weighted by Gasteiger charge is -2.33. The van der Waals surface area contributed by atoms with Crippen molar-refractivity contribution < 1.29 is 9.47 Å². The van der Waals surface area contributed by atoms with Gasteiger partial charge in [-0.15, -0.1) is 24.0 Å². The zero-order chi connectivity index (χ0) is 19.5. The van der Waals surface area contributed by atoms with Crippen LogP contribution in [0.25, 0.3) is 0 Å². The van der Waals surface area contributed by atoms with Gasteiger partial charge in [-0.1, -0.05) is 19.1 Å². The molecule has 2 rings (SSSR count). The number of nitrogens with zero attached hydrogens (tertiary/aromatic N) is 3. The minimum Gasteiger partial charge on any atom is -0.492 e. The fourth-order valence-electron chi connectivity index (χ4n) is 3.32. The summed E-state index contributed by atoms with van der Waals surface area (Å²) in [6.45, 7) is 8.45. The minimum absolute atomic E-state index is 0. The zero-order valence-electron chi connectivity index (χ0n) is 17.8. The largest absolute Gasteiger partial charge is 0.492 e. The Morgan fingerprint density at radius 2 is 2.11 bits per heavy atom. The average molecular weight is 504 g/mol. The number of ether oxygens (including phenoxy) is 2. The first-order valence-corrected chi connectivity index (χ1v) is 9.97. The maximum Gasteiger partial charge on any atom is 0.193 e. The number of nitrogens with one attached hydrogen (secondary N) is 1. The summed E-state index contributed by atoms with van der Waals surface area (Å²) in [4.78, 5) is 9.03. The molecule has 1 fully saturated rings. The molecule has 6 nitrogen and oxygen atoms in total. The number of halogens is 1. The van der Waals surface area contributed by atoms with Gasteiger partial charge < -0.3 is 24.6 Å².